The molecule has 127 heavy (non-hydrogen) atoms. The van der Waals surface area contributed by atoms with Crippen LogP contribution in [0.3, 0.4) is 0 Å². The molecular formula is C95H114FN5O26. The first-order chi connectivity index (χ1) is 60.2. The average Bonchev–Trinajstić information content (AvgIpc) is 1.47. The third kappa shape index (κ3) is 12.8. The second-order valence-corrected chi connectivity index (χ2v) is 38.0. The third-order valence-electron chi connectivity index (χ3n) is 32.1. The van der Waals surface area contributed by atoms with Crippen LogP contribution in [0.5, 0.6) is 23.0 Å². The number of ketones is 5. The molecule has 7 heterocycles. The van der Waals surface area contributed by atoms with E-state index in [-0.39, 0.29) is 70.6 Å². The summed E-state index contributed by atoms with van der Waals surface area (Å²) in [5.41, 5.74) is -6.12. The normalized spacial score (nSPS) is 38.0. The number of aromatic nitrogens is 1. The van der Waals surface area contributed by atoms with Crippen molar-refractivity contribution in [1.82, 2.24) is 14.8 Å². The predicted molar refractivity (Wildman–Crippen MR) is 452 cm³/mol. The van der Waals surface area contributed by atoms with Crippen molar-refractivity contribution < 1.29 is 132 Å². The summed E-state index contributed by atoms with van der Waals surface area (Å²) in [5, 5.41) is 112. The summed E-state index contributed by atoms with van der Waals surface area (Å²) < 4.78 is 57.7. The molecule has 3 saturated heterocycles. The highest BCUT2D eigenvalue weighted by Crippen LogP contribution is 2.73. The molecule has 1 unspecified atom stereocenters. The van der Waals surface area contributed by atoms with Crippen LogP contribution in [-0.4, -0.2) is 270 Å². The molecule has 1 amide bonds. The van der Waals surface area contributed by atoms with Gasteiger partial charge in [0, 0.05) is 131 Å². The number of aliphatic hydroxyl groups excluding tert-OH is 4. The Labute approximate surface area is 733 Å². The van der Waals surface area contributed by atoms with E-state index in [0.717, 1.165) is 16.5 Å². The Kier molecular flexibility index (Phi) is 23.1. The second-order valence-electron chi connectivity index (χ2n) is 38.0. The first kappa shape index (κ1) is 90.8. The van der Waals surface area contributed by atoms with Gasteiger partial charge in [-0.1, -0.05) is 94.0 Å². The van der Waals surface area contributed by atoms with E-state index in [1.165, 1.54) is 70.6 Å². The first-order valence-electron chi connectivity index (χ1n) is 43.8. The number of halogens is 1. The maximum atomic E-state index is 16.9. The number of methoxy groups -OCH3 is 4. The number of para-hydroxylation sites is 1. The standard InChI is InChI=1S/C46H56N4O10.C27H29NO11.C22H29FO5/c1-7-42(55)22-28-23-45(40(53)58-5,36-30(16-20-48(24-28)25-42)29-12-9-10-13-33(29)47-36)32-15-14-31-34(35(32)57-4)50(26-51)38-44(31)18-21-49-19-11-17-43(8-2,37(44)49)39(60-27(3)52)46(38,56)41(54)59-6;1-10-22(31)13(28)6-17(38-10)39-15-8-27(36,16(30)9-29)7-12-19(15)26(35)21-20(24(12)33)23(32)11-4-3-5-14(37-2)18(11)25(21)34;1-12-8-16-15-5-4-13-9-14(25)6-7-19(13,2)21(15,23)17(26)10-20(16,3)22(12,28)18(27)11-24/h9-15,17,26,28,37-39,47,55-56H,7-8,16,18-25H2,1-6H3;3-5,10,13,15,17,22,29,31,33,35-36H,6-9,28H2,1-2H3;6-7,9,12,15-17,24,26,28H,4-5,8,10-11H2,1-3H3/t28-,37-,38+,39+,42-,43+,44+,45-,46-;10-,13-,15-,17-,22+,27-;12-,15+,16+,17+,19+,20+,21+,22+/m001/s1. The van der Waals surface area contributed by atoms with Gasteiger partial charge in [0.25, 0.3) is 0 Å². The van der Waals surface area contributed by atoms with Crippen molar-refractivity contribution in [2.45, 2.75) is 226 Å². The number of nitrogens with zero attached hydrogens (tertiary/aromatic N) is 3. The van der Waals surface area contributed by atoms with Gasteiger partial charge >= 0.3 is 17.9 Å². The Morgan fingerprint density at radius 3 is 2.14 bits per heavy atom. The minimum Gasteiger partial charge on any atom is -0.507 e. The van der Waals surface area contributed by atoms with Crippen LogP contribution in [0.2, 0.25) is 0 Å². The Balaban J connectivity index is 0.000000152. The molecule has 13 N–H and O–H groups in total. The zero-order valence-corrected chi connectivity index (χ0v) is 73.1. The number of rotatable bonds is 15. The van der Waals surface area contributed by atoms with Crippen molar-refractivity contribution in [3.8, 4) is 23.0 Å². The topological polar surface area (TPSA) is 472 Å². The number of fused-ring (bicyclic) bond motifs is 14. The maximum absolute atomic E-state index is 16.9. The molecule has 18 rings (SSSR count). The number of allylic oxidation sites excluding steroid dienone is 4. The predicted octanol–water partition coefficient (Wildman–Crippen LogP) is 5.41. The zero-order valence-electron chi connectivity index (χ0n) is 73.1. The van der Waals surface area contributed by atoms with Crippen LogP contribution in [0, 0.1) is 39.9 Å². The number of Topliss-reactive ketones (excluding diaryl/α,β-unsaturated/α-hetero) is 2. The number of aromatic amines is 1. The Morgan fingerprint density at radius 2 is 1.48 bits per heavy atom. The molecule has 7 aliphatic carbocycles. The van der Waals surface area contributed by atoms with E-state index in [2.05, 4.69) is 14.8 Å². The smallest absolute Gasteiger partial charge is 0.344 e. The fourth-order valence-corrected chi connectivity index (χ4v) is 26.5. The number of aliphatic hydroxyl groups is 8. The van der Waals surface area contributed by atoms with E-state index in [9.17, 15) is 89.4 Å². The number of nitrogens with one attached hydrogen (secondary N) is 1. The Morgan fingerprint density at radius 1 is 0.772 bits per heavy atom. The van der Waals surface area contributed by atoms with Gasteiger partial charge in [-0.2, -0.15) is 0 Å². The molecule has 6 aliphatic heterocycles. The third-order valence-corrected chi connectivity index (χ3v) is 32.1. The number of nitrogens with two attached hydrogens (primary N) is 1. The van der Waals surface area contributed by atoms with E-state index in [4.69, 9.17) is 38.9 Å². The molecule has 1 spiro atoms. The van der Waals surface area contributed by atoms with Crippen molar-refractivity contribution in [2.75, 3.05) is 79.3 Å². The number of phenolic OH excluding ortho intramolecular Hbond substituents is 2. The SMILES string of the molecule is CC[C@]1(O)C[C@@H]2CN(CCc3c([nH]c4ccccc34)[C@@](C(=O)OC)(c3ccc4c(c3OC)N(C=O)[C@H]3[C@@](O)(C(=O)OC)[C@H](OC(C)=O)[C@]5(CC)C=CCN6CC[C@]43[C@@H]65)C2)C1.COc1cccc2c1C(=O)c1c(O)c3c(c(O)c1C2=O)C[C@@](O)(C(=O)CO)C[C@@H]3O[C@H]1C[C@H](N)[C@H](O)[C@H](C)O1.C[C@@H]1C[C@H]2[C@@H]3CCC4=CC(=O)C=C[C@]4(C)[C@@]3(F)[C@@H](O)C[C@]2(C)[C@@]1(O)C(=O)CO. The van der Waals surface area contributed by atoms with Gasteiger partial charge in [0.2, 0.25) is 17.8 Å². The number of aromatic hydroxyl groups is 2. The number of alkyl halides is 1. The molecule has 682 valence electrons. The van der Waals surface area contributed by atoms with E-state index < -0.39 is 212 Å². The lowest BCUT2D eigenvalue weighted by Crippen LogP contribution is -2.81. The summed E-state index contributed by atoms with van der Waals surface area (Å²) in [6.45, 7) is 13.2. The number of H-pyrrole nitrogens is 1. The first-order valence-corrected chi connectivity index (χ1v) is 43.8. The van der Waals surface area contributed by atoms with Crippen LogP contribution in [0.25, 0.3) is 10.9 Å². The number of piperidine rings is 1. The van der Waals surface area contributed by atoms with Gasteiger partial charge in [-0.05, 0) is 138 Å². The summed E-state index contributed by atoms with van der Waals surface area (Å²) in [5.74, 6) is -8.10. The molecule has 0 radical (unpaired) electrons. The molecule has 24 atom stereocenters. The van der Waals surface area contributed by atoms with Gasteiger partial charge in [0.1, 0.15) is 52.8 Å². The van der Waals surface area contributed by atoms with Gasteiger partial charge in [-0.25, -0.2) is 9.18 Å². The summed E-state index contributed by atoms with van der Waals surface area (Å²) in [4.78, 5) is 130. The molecule has 1 aromatic heterocycles. The average molecular weight is 1760 g/mol. The van der Waals surface area contributed by atoms with Crippen molar-refractivity contribution in [1.29, 1.82) is 0 Å². The van der Waals surface area contributed by atoms with Crippen LogP contribution in [0.1, 0.15) is 191 Å². The summed E-state index contributed by atoms with van der Waals surface area (Å²) in [6, 6.07) is 13.7. The molecule has 5 aromatic rings. The van der Waals surface area contributed by atoms with Crippen LogP contribution >= 0.6 is 0 Å². The van der Waals surface area contributed by atoms with Crippen molar-refractivity contribution >= 4 is 69.8 Å². The zero-order chi connectivity index (χ0) is 91.7. The number of carbonyl (C=O) groups excluding carboxylic acids is 9. The number of carbonyl (C=O) groups is 9. The van der Waals surface area contributed by atoms with Crippen LogP contribution in [0.4, 0.5) is 10.1 Å². The van der Waals surface area contributed by atoms with E-state index in [1.807, 2.05) is 62.4 Å². The summed E-state index contributed by atoms with van der Waals surface area (Å²) in [7, 11) is 5.37. The number of ether oxygens (including phenoxy) is 7. The van der Waals surface area contributed by atoms with Gasteiger partial charge < -0.3 is 99.8 Å². The molecule has 32 heteroatoms. The van der Waals surface area contributed by atoms with E-state index >= 15 is 9.18 Å². The fraction of sp³-hybridized carbons (Fsp3) is 0.568. The minimum absolute atomic E-state index is 0.0173. The molecule has 2 bridgehead atoms. The second kappa shape index (κ2) is 32.2. The van der Waals surface area contributed by atoms with Crippen LogP contribution < -0.4 is 20.1 Å². The minimum atomic E-state index is -2.55. The van der Waals surface area contributed by atoms with Gasteiger partial charge in [0.05, 0.1) is 86.9 Å². The number of esters is 3. The van der Waals surface area contributed by atoms with Crippen LogP contribution in [0.15, 0.2) is 90.6 Å². The number of benzene rings is 4. The maximum Gasteiger partial charge on any atom is 0.344 e. The van der Waals surface area contributed by atoms with E-state index in [1.54, 1.807) is 33.8 Å². The van der Waals surface area contributed by atoms with Crippen molar-refractivity contribution in [3.63, 3.8) is 0 Å². The lowest BCUT2D eigenvalue weighted by molar-refractivity contribution is -0.247. The highest BCUT2D eigenvalue weighted by atomic mass is 19.1. The van der Waals surface area contributed by atoms with Gasteiger partial charge in [0.15, 0.2) is 41.2 Å². The summed E-state index contributed by atoms with van der Waals surface area (Å²) in [6.07, 6.45) is 5.11. The monoisotopic (exact) mass is 1760 g/mol. The Hall–Kier alpha value is -9.52. The number of amides is 1. The molecule has 4 saturated carbocycles. The van der Waals surface area contributed by atoms with Crippen molar-refractivity contribution in [3.05, 3.63) is 146 Å². The van der Waals surface area contributed by atoms with E-state index in [0.29, 0.717) is 119 Å². The Bertz CT molecular complexity index is 5480. The largest absolute Gasteiger partial charge is 0.507 e. The highest BCUT2D eigenvalue weighted by molar-refractivity contribution is 6.31. The molecule has 31 nitrogen and oxygen atoms in total. The number of hydrogen-bond acceptors (Lipinski definition) is 29. The molecule has 13 aliphatic rings. The van der Waals surface area contributed by atoms with Crippen LogP contribution in [-0.2, 0) is 80.9 Å². The lowest BCUT2D eigenvalue weighted by atomic mass is 9.44. The van der Waals surface area contributed by atoms with Gasteiger partial charge in [-0.15, -0.1) is 0 Å². The number of phenols is 2. The highest BCUT2D eigenvalue weighted by Gasteiger charge is 2.82. The number of anilines is 1. The molecule has 4 aromatic carbocycles. The summed E-state index contributed by atoms with van der Waals surface area (Å²) >= 11 is 0. The molecule has 7 fully saturated rings. The number of hydrogen-bond donors (Lipinski definition) is 12. The lowest BCUT2D eigenvalue weighted by Gasteiger charge is -2.63. The quantitative estimate of drug-likeness (QED) is 0.0201. The fourth-order valence-electron chi connectivity index (χ4n) is 26.5. The molecular weight excluding hydrogens is 1650 g/mol. The van der Waals surface area contributed by atoms with Crippen molar-refractivity contribution in [2.24, 2.45) is 45.7 Å². The van der Waals surface area contributed by atoms with Gasteiger partial charge in [-0.3, -0.25) is 48.2 Å².